The molecule has 0 atom stereocenters. The number of anilines is 1. The zero-order valence-electron chi connectivity index (χ0n) is 17.7. The summed E-state index contributed by atoms with van der Waals surface area (Å²) in [7, 11) is -3.73. The summed E-state index contributed by atoms with van der Waals surface area (Å²) in [5.41, 5.74) is 1.73. The third-order valence-electron chi connectivity index (χ3n) is 5.48. The van der Waals surface area contributed by atoms with Gasteiger partial charge in [0.1, 0.15) is 16.2 Å². The molecule has 1 aliphatic rings. The van der Waals surface area contributed by atoms with E-state index in [-0.39, 0.29) is 16.4 Å². The van der Waals surface area contributed by atoms with E-state index < -0.39 is 15.9 Å². The molecule has 4 rings (SSSR count). The van der Waals surface area contributed by atoms with E-state index >= 15 is 0 Å². The summed E-state index contributed by atoms with van der Waals surface area (Å²) in [5.74, 6) is 0.0562. The average Bonchev–Trinajstić information content (AvgIpc) is 3.12. The first-order chi connectivity index (χ1) is 14.9. The summed E-state index contributed by atoms with van der Waals surface area (Å²) >= 11 is 0. The summed E-state index contributed by atoms with van der Waals surface area (Å²) in [4.78, 5) is 12.9. The minimum absolute atomic E-state index is 0.0652. The second-order valence-corrected chi connectivity index (χ2v) is 9.47. The number of sulfonamides is 1. The number of amides is 1. The Balaban J connectivity index is 1.66. The van der Waals surface area contributed by atoms with Crippen LogP contribution in [0.25, 0.3) is 11.0 Å². The maximum atomic E-state index is 13.3. The molecule has 1 aliphatic heterocycles. The van der Waals surface area contributed by atoms with E-state index in [1.165, 1.54) is 10.4 Å². The van der Waals surface area contributed by atoms with Crippen LogP contribution in [0.4, 0.5) is 5.69 Å². The van der Waals surface area contributed by atoms with E-state index in [0.29, 0.717) is 31.0 Å². The first-order valence-corrected chi connectivity index (χ1v) is 11.9. The van der Waals surface area contributed by atoms with Crippen LogP contribution in [0.3, 0.4) is 0 Å². The monoisotopic (exact) mass is 442 g/mol. The number of carbonyl (C=O) groups excluding carboxylic acids is 1. The Hall–Kier alpha value is -2.84. The van der Waals surface area contributed by atoms with Gasteiger partial charge >= 0.3 is 0 Å². The number of furan rings is 1. The topological polar surface area (TPSA) is 88.8 Å². The second kappa shape index (κ2) is 8.72. The minimum Gasteiger partial charge on any atom is -0.492 e. The Morgan fingerprint density at radius 1 is 1.13 bits per heavy atom. The molecule has 0 spiro atoms. The molecule has 164 valence electrons. The summed E-state index contributed by atoms with van der Waals surface area (Å²) < 4.78 is 39.3. The van der Waals surface area contributed by atoms with Gasteiger partial charge in [-0.05, 0) is 51.0 Å². The lowest BCUT2D eigenvalue weighted by Crippen LogP contribution is -2.35. The quantitative estimate of drug-likeness (QED) is 0.604. The Kier molecular flexibility index (Phi) is 6.02. The molecule has 0 radical (unpaired) electrons. The highest BCUT2D eigenvalue weighted by Gasteiger charge is 2.29. The predicted octanol–water partition coefficient (Wildman–Crippen LogP) is 4.57. The molecule has 1 amide bonds. The van der Waals surface area contributed by atoms with Gasteiger partial charge in [-0.1, -0.05) is 24.6 Å². The molecule has 0 bridgehead atoms. The van der Waals surface area contributed by atoms with Crippen LogP contribution in [0, 0.1) is 6.92 Å². The van der Waals surface area contributed by atoms with Crippen LogP contribution in [0.1, 0.15) is 42.3 Å². The summed E-state index contributed by atoms with van der Waals surface area (Å²) in [6.07, 6.45) is 2.70. The first-order valence-electron chi connectivity index (χ1n) is 10.5. The van der Waals surface area contributed by atoms with Crippen molar-refractivity contribution in [2.75, 3.05) is 25.0 Å². The fraction of sp³-hybridized carbons (Fsp3) is 0.348. The molecule has 8 heteroatoms. The van der Waals surface area contributed by atoms with Crippen molar-refractivity contribution in [1.29, 1.82) is 0 Å². The van der Waals surface area contributed by atoms with Crippen LogP contribution in [-0.2, 0) is 10.0 Å². The van der Waals surface area contributed by atoms with Crippen molar-refractivity contribution in [2.45, 2.75) is 38.0 Å². The van der Waals surface area contributed by atoms with Gasteiger partial charge in [0.2, 0.25) is 10.0 Å². The zero-order chi connectivity index (χ0) is 22.0. The van der Waals surface area contributed by atoms with Gasteiger partial charge in [0, 0.05) is 29.7 Å². The smallest absolute Gasteiger partial charge is 0.291 e. The van der Waals surface area contributed by atoms with Crippen molar-refractivity contribution in [1.82, 2.24) is 4.31 Å². The van der Waals surface area contributed by atoms with Gasteiger partial charge in [-0.25, -0.2) is 8.42 Å². The van der Waals surface area contributed by atoms with Crippen LogP contribution >= 0.6 is 0 Å². The highest BCUT2D eigenvalue weighted by molar-refractivity contribution is 7.89. The predicted molar refractivity (Wildman–Crippen MR) is 119 cm³/mol. The molecule has 7 nitrogen and oxygen atoms in total. The summed E-state index contributed by atoms with van der Waals surface area (Å²) in [6, 6.07) is 12.1. The van der Waals surface area contributed by atoms with Crippen molar-refractivity contribution >= 4 is 32.6 Å². The number of benzene rings is 2. The molecular weight excluding hydrogens is 416 g/mol. The highest BCUT2D eigenvalue weighted by Crippen LogP contribution is 2.32. The van der Waals surface area contributed by atoms with Crippen molar-refractivity contribution < 1.29 is 22.4 Å². The third kappa shape index (κ3) is 4.18. The van der Waals surface area contributed by atoms with Crippen molar-refractivity contribution in [3.05, 3.63) is 53.8 Å². The molecule has 2 heterocycles. The Morgan fingerprint density at radius 3 is 2.58 bits per heavy atom. The molecule has 31 heavy (non-hydrogen) atoms. The third-order valence-corrected chi connectivity index (χ3v) is 7.40. The fourth-order valence-corrected chi connectivity index (χ4v) is 5.56. The minimum atomic E-state index is -3.73. The Bertz CT molecular complexity index is 1210. The number of piperidine rings is 1. The van der Waals surface area contributed by atoms with Crippen LogP contribution in [0.5, 0.6) is 5.75 Å². The Morgan fingerprint density at radius 2 is 1.87 bits per heavy atom. The first kappa shape index (κ1) is 21.4. The van der Waals surface area contributed by atoms with E-state index in [1.54, 1.807) is 25.1 Å². The highest BCUT2D eigenvalue weighted by atomic mass is 32.2. The van der Waals surface area contributed by atoms with Gasteiger partial charge < -0.3 is 14.5 Å². The van der Waals surface area contributed by atoms with Gasteiger partial charge in [-0.15, -0.1) is 0 Å². The normalized spacial score (nSPS) is 15.2. The lowest BCUT2D eigenvalue weighted by Gasteiger charge is -2.27. The van der Waals surface area contributed by atoms with Crippen LogP contribution < -0.4 is 10.1 Å². The number of carbonyl (C=O) groups is 1. The molecule has 1 fully saturated rings. The number of para-hydroxylation sites is 1. The molecule has 0 saturated carbocycles. The molecule has 1 saturated heterocycles. The van der Waals surface area contributed by atoms with Gasteiger partial charge in [0.25, 0.3) is 5.91 Å². The van der Waals surface area contributed by atoms with Gasteiger partial charge in [-0.3, -0.25) is 4.79 Å². The van der Waals surface area contributed by atoms with Gasteiger partial charge in [0.05, 0.1) is 6.61 Å². The van der Waals surface area contributed by atoms with Crippen molar-refractivity contribution in [3.63, 3.8) is 0 Å². The maximum absolute atomic E-state index is 13.3. The second-order valence-electron chi connectivity index (χ2n) is 7.57. The van der Waals surface area contributed by atoms with Gasteiger partial charge in [-0.2, -0.15) is 4.31 Å². The number of nitrogens with zero attached hydrogens (tertiary/aromatic N) is 1. The number of fused-ring (bicyclic) bond motifs is 1. The molecule has 1 N–H and O–H groups in total. The summed E-state index contributed by atoms with van der Waals surface area (Å²) in [6.45, 7) is 4.94. The average molecular weight is 443 g/mol. The number of ether oxygens (including phenoxy) is 1. The van der Waals surface area contributed by atoms with Crippen LogP contribution in [0.15, 0.2) is 51.8 Å². The van der Waals surface area contributed by atoms with E-state index in [0.717, 1.165) is 30.2 Å². The molecule has 0 aliphatic carbocycles. The van der Waals surface area contributed by atoms with E-state index in [1.807, 2.05) is 25.1 Å². The van der Waals surface area contributed by atoms with Crippen LogP contribution in [-0.4, -0.2) is 38.3 Å². The standard InChI is InChI=1S/C23H26N2O5S/c1-3-29-20-12-11-17(15-21(20)31(27,28)25-13-7-4-8-14-25)24-23(26)22-16(2)18-9-5-6-10-19(18)30-22/h5-6,9-12,15H,3-4,7-8,13-14H2,1-2H3,(H,24,26). The van der Waals surface area contributed by atoms with E-state index in [4.69, 9.17) is 9.15 Å². The molecule has 0 unspecified atom stereocenters. The maximum Gasteiger partial charge on any atom is 0.291 e. The Labute approximate surface area is 182 Å². The number of hydrogen-bond acceptors (Lipinski definition) is 5. The molecular formula is C23H26N2O5S. The lowest BCUT2D eigenvalue weighted by atomic mass is 10.1. The van der Waals surface area contributed by atoms with Crippen LogP contribution in [0.2, 0.25) is 0 Å². The van der Waals surface area contributed by atoms with Gasteiger partial charge in [0.15, 0.2) is 5.76 Å². The fourth-order valence-electron chi connectivity index (χ4n) is 3.89. The van der Waals surface area contributed by atoms with Crippen molar-refractivity contribution in [2.24, 2.45) is 0 Å². The molecule has 1 aromatic heterocycles. The van der Waals surface area contributed by atoms with E-state index in [9.17, 15) is 13.2 Å². The SMILES string of the molecule is CCOc1ccc(NC(=O)c2oc3ccccc3c2C)cc1S(=O)(=O)N1CCCCC1. The number of nitrogens with one attached hydrogen (secondary N) is 1. The molecule has 3 aromatic rings. The van der Waals surface area contributed by atoms with E-state index in [2.05, 4.69) is 5.32 Å². The number of rotatable bonds is 6. The largest absolute Gasteiger partial charge is 0.492 e. The number of aryl methyl sites for hydroxylation is 1. The summed E-state index contributed by atoms with van der Waals surface area (Å²) in [5, 5.41) is 3.64. The number of hydrogen-bond donors (Lipinski definition) is 1. The molecule has 2 aromatic carbocycles. The lowest BCUT2D eigenvalue weighted by molar-refractivity contribution is 0.0998. The zero-order valence-corrected chi connectivity index (χ0v) is 18.5. The van der Waals surface area contributed by atoms with Crippen molar-refractivity contribution in [3.8, 4) is 5.75 Å².